The smallest absolute Gasteiger partial charge is 0.320 e. The van der Waals surface area contributed by atoms with E-state index in [2.05, 4.69) is 4.90 Å². The van der Waals surface area contributed by atoms with Crippen LogP contribution < -0.4 is 0 Å². The number of carbonyl (C=O) groups is 1. The third-order valence-electron chi connectivity index (χ3n) is 3.61. The summed E-state index contributed by atoms with van der Waals surface area (Å²) < 4.78 is 5.35. The van der Waals surface area contributed by atoms with Gasteiger partial charge in [-0.3, -0.25) is 9.69 Å². The molecule has 0 amide bonds. The van der Waals surface area contributed by atoms with Crippen molar-refractivity contribution in [1.29, 1.82) is 0 Å². The van der Waals surface area contributed by atoms with Crippen LogP contribution in [-0.2, 0) is 9.53 Å². The van der Waals surface area contributed by atoms with Crippen LogP contribution in [0.2, 0.25) is 0 Å². The van der Waals surface area contributed by atoms with Crippen LogP contribution in [0.15, 0.2) is 0 Å². The van der Waals surface area contributed by atoms with Crippen LogP contribution in [-0.4, -0.2) is 47.3 Å². The van der Waals surface area contributed by atoms with E-state index < -0.39 is 5.97 Å². The maximum atomic E-state index is 11.3. The van der Waals surface area contributed by atoms with E-state index in [0.717, 1.165) is 26.1 Å². The Morgan fingerprint density at radius 2 is 1.88 bits per heavy atom. The molecule has 2 aliphatic rings. The second-order valence-corrected chi connectivity index (χ2v) is 4.78. The third-order valence-corrected chi connectivity index (χ3v) is 3.61. The number of carboxylic acids is 1. The Labute approximate surface area is 96.6 Å². The second-order valence-electron chi connectivity index (χ2n) is 4.78. The van der Waals surface area contributed by atoms with Gasteiger partial charge in [0.05, 0.1) is 0 Å². The van der Waals surface area contributed by atoms with Crippen LogP contribution in [0.5, 0.6) is 0 Å². The van der Waals surface area contributed by atoms with Gasteiger partial charge in [0, 0.05) is 25.3 Å². The quantitative estimate of drug-likeness (QED) is 0.773. The lowest BCUT2D eigenvalue weighted by Gasteiger charge is -2.38. The molecule has 2 rings (SSSR count). The summed E-state index contributed by atoms with van der Waals surface area (Å²) in [5.74, 6) is -0.666. The van der Waals surface area contributed by atoms with Gasteiger partial charge in [0.2, 0.25) is 0 Å². The van der Waals surface area contributed by atoms with Crippen molar-refractivity contribution in [1.82, 2.24) is 4.90 Å². The maximum Gasteiger partial charge on any atom is 0.320 e. The molecular weight excluding hydrogens is 206 g/mol. The lowest BCUT2D eigenvalue weighted by molar-refractivity contribution is -0.145. The van der Waals surface area contributed by atoms with Gasteiger partial charge in [-0.25, -0.2) is 0 Å². The molecule has 4 nitrogen and oxygen atoms in total. The van der Waals surface area contributed by atoms with E-state index in [9.17, 15) is 9.90 Å². The molecule has 1 saturated heterocycles. The van der Waals surface area contributed by atoms with Crippen LogP contribution in [0.1, 0.15) is 39.0 Å². The third kappa shape index (κ3) is 2.55. The topological polar surface area (TPSA) is 49.8 Å². The molecule has 1 atom stereocenters. The molecular formula is C12H21NO3. The normalized spacial score (nSPS) is 24.6. The lowest BCUT2D eigenvalue weighted by Crippen LogP contribution is -2.50. The minimum Gasteiger partial charge on any atom is -0.480 e. The highest BCUT2D eigenvalue weighted by Crippen LogP contribution is 2.34. The molecule has 1 heterocycles. The molecule has 0 radical (unpaired) electrons. The lowest BCUT2D eigenvalue weighted by atomic mass is 10.0. The molecule has 0 aromatic carbocycles. The number of aliphatic carboxylic acids is 1. The number of hydrogen-bond acceptors (Lipinski definition) is 3. The Bertz CT molecular complexity index is 247. The van der Waals surface area contributed by atoms with E-state index in [0.29, 0.717) is 18.5 Å². The Hall–Kier alpha value is -0.610. The molecule has 0 aromatic rings. The predicted molar refractivity (Wildman–Crippen MR) is 60.4 cm³/mol. The fourth-order valence-corrected chi connectivity index (χ4v) is 2.68. The summed E-state index contributed by atoms with van der Waals surface area (Å²) in [5.41, 5.74) is 0. The van der Waals surface area contributed by atoms with Gasteiger partial charge in [0.15, 0.2) is 0 Å². The van der Waals surface area contributed by atoms with Gasteiger partial charge in [-0.1, -0.05) is 6.92 Å². The molecule has 0 spiro atoms. The van der Waals surface area contributed by atoms with Crippen LogP contribution in [0.3, 0.4) is 0 Å². The number of rotatable bonds is 5. The Balaban J connectivity index is 2.05. The van der Waals surface area contributed by atoms with E-state index in [-0.39, 0.29) is 6.04 Å². The number of carboxylic acid groups (broad SMARTS) is 1. The summed E-state index contributed by atoms with van der Waals surface area (Å²) in [6.07, 6.45) is 5.01. The fraction of sp³-hybridized carbons (Fsp3) is 0.917. The van der Waals surface area contributed by atoms with Crippen molar-refractivity contribution < 1.29 is 14.6 Å². The van der Waals surface area contributed by atoms with Crippen molar-refractivity contribution in [2.24, 2.45) is 0 Å². The van der Waals surface area contributed by atoms with Gasteiger partial charge in [0.25, 0.3) is 0 Å². The van der Waals surface area contributed by atoms with E-state index in [1.165, 1.54) is 12.8 Å². The summed E-state index contributed by atoms with van der Waals surface area (Å²) in [4.78, 5) is 13.5. The molecule has 1 saturated carbocycles. The summed E-state index contributed by atoms with van der Waals surface area (Å²) in [6, 6.07) is 0.641. The maximum absolute atomic E-state index is 11.3. The first-order valence-electron chi connectivity index (χ1n) is 6.32. The molecule has 2 fully saturated rings. The van der Waals surface area contributed by atoms with Crippen molar-refractivity contribution in [2.75, 3.05) is 13.2 Å². The van der Waals surface area contributed by atoms with E-state index >= 15 is 0 Å². The summed E-state index contributed by atoms with van der Waals surface area (Å²) in [5, 5.41) is 9.28. The largest absolute Gasteiger partial charge is 0.480 e. The second kappa shape index (κ2) is 5.15. The SMILES string of the molecule is CC[C@@H](C(=O)O)N(C1CCOCC1)C1CC1. The van der Waals surface area contributed by atoms with E-state index in [1.54, 1.807) is 0 Å². The molecule has 0 aromatic heterocycles. The van der Waals surface area contributed by atoms with Crippen molar-refractivity contribution in [2.45, 2.75) is 57.2 Å². The molecule has 92 valence electrons. The molecule has 4 heteroatoms. The number of nitrogens with zero attached hydrogens (tertiary/aromatic N) is 1. The van der Waals surface area contributed by atoms with Gasteiger partial charge >= 0.3 is 5.97 Å². The molecule has 16 heavy (non-hydrogen) atoms. The zero-order valence-corrected chi connectivity index (χ0v) is 9.89. The zero-order valence-electron chi connectivity index (χ0n) is 9.89. The van der Waals surface area contributed by atoms with Gasteiger partial charge in [0.1, 0.15) is 6.04 Å². The Morgan fingerprint density at radius 1 is 1.31 bits per heavy atom. The summed E-state index contributed by atoms with van der Waals surface area (Å²) in [6.45, 7) is 3.53. The average molecular weight is 227 g/mol. The highest BCUT2D eigenvalue weighted by Gasteiger charge is 2.40. The van der Waals surface area contributed by atoms with Gasteiger partial charge < -0.3 is 9.84 Å². The molecule has 1 aliphatic heterocycles. The van der Waals surface area contributed by atoms with Crippen molar-refractivity contribution >= 4 is 5.97 Å². The van der Waals surface area contributed by atoms with E-state index in [4.69, 9.17) is 4.74 Å². The number of hydrogen-bond donors (Lipinski definition) is 1. The molecule has 0 bridgehead atoms. The van der Waals surface area contributed by atoms with Crippen LogP contribution >= 0.6 is 0 Å². The standard InChI is InChI=1S/C12H21NO3/c1-2-11(12(14)15)13(9-3-4-9)10-5-7-16-8-6-10/h9-11H,2-8H2,1H3,(H,14,15)/t11-/m0/s1. The van der Waals surface area contributed by atoms with Gasteiger partial charge in [-0.05, 0) is 32.1 Å². The molecule has 0 unspecified atom stereocenters. The van der Waals surface area contributed by atoms with Crippen molar-refractivity contribution in [3.8, 4) is 0 Å². The van der Waals surface area contributed by atoms with Gasteiger partial charge in [-0.2, -0.15) is 0 Å². The van der Waals surface area contributed by atoms with Crippen molar-refractivity contribution in [3.05, 3.63) is 0 Å². The molecule has 1 N–H and O–H groups in total. The summed E-state index contributed by atoms with van der Waals surface area (Å²) in [7, 11) is 0. The first-order valence-corrected chi connectivity index (χ1v) is 6.32. The molecule has 1 aliphatic carbocycles. The van der Waals surface area contributed by atoms with Crippen LogP contribution in [0.4, 0.5) is 0 Å². The van der Waals surface area contributed by atoms with E-state index in [1.807, 2.05) is 6.92 Å². The first-order chi connectivity index (χ1) is 7.74. The number of ether oxygens (including phenoxy) is 1. The predicted octanol–water partition coefficient (Wildman–Crippen LogP) is 1.49. The Morgan fingerprint density at radius 3 is 2.31 bits per heavy atom. The fourth-order valence-electron chi connectivity index (χ4n) is 2.68. The van der Waals surface area contributed by atoms with Crippen LogP contribution in [0.25, 0.3) is 0 Å². The summed E-state index contributed by atoms with van der Waals surface area (Å²) >= 11 is 0. The average Bonchev–Trinajstić information content (AvgIpc) is 3.10. The minimum absolute atomic E-state index is 0.296. The minimum atomic E-state index is -0.666. The van der Waals surface area contributed by atoms with Gasteiger partial charge in [-0.15, -0.1) is 0 Å². The highest BCUT2D eigenvalue weighted by molar-refractivity contribution is 5.73. The first kappa shape index (κ1) is 11.9. The highest BCUT2D eigenvalue weighted by atomic mass is 16.5. The van der Waals surface area contributed by atoms with Crippen molar-refractivity contribution in [3.63, 3.8) is 0 Å². The Kier molecular flexibility index (Phi) is 3.82. The monoisotopic (exact) mass is 227 g/mol. The zero-order chi connectivity index (χ0) is 11.5. The van der Waals surface area contributed by atoms with Crippen LogP contribution in [0, 0.1) is 0 Å².